The summed E-state index contributed by atoms with van der Waals surface area (Å²) in [6, 6.07) is 12.1. The number of carbonyl (C=O) groups excluding carboxylic acids is 2. The number of nitrogens with one attached hydrogen (secondary N) is 1. The van der Waals surface area contributed by atoms with E-state index in [2.05, 4.69) is 5.32 Å². The molecule has 1 aromatic heterocycles. The first-order chi connectivity index (χ1) is 11.4. The second-order valence-electron chi connectivity index (χ2n) is 5.03. The van der Waals surface area contributed by atoms with E-state index >= 15 is 0 Å². The van der Waals surface area contributed by atoms with E-state index in [9.17, 15) is 14.4 Å². The lowest BCUT2D eigenvalue weighted by Gasteiger charge is -2.06. The van der Waals surface area contributed by atoms with Crippen molar-refractivity contribution in [2.45, 2.75) is 0 Å². The van der Waals surface area contributed by atoms with Crippen molar-refractivity contribution in [2.24, 2.45) is 5.73 Å². The quantitative estimate of drug-likeness (QED) is 0.714. The Kier molecular flexibility index (Phi) is 4.05. The Balaban J connectivity index is 1.91. The molecule has 2 aromatic carbocycles. The van der Waals surface area contributed by atoms with Crippen LogP contribution in [-0.4, -0.2) is 11.8 Å². The molecule has 3 aromatic rings. The van der Waals surface area contributed by atoms with Gasteiger partial charge in [-0.2, -0.15) is 0 Å². The number of carbonyl (C=O) groups is 2. The van der Waals surface area contributed by atoms with Crippen LogP contribution in [0.3, 0.4) is 0 Å². The van der Waals surface area contributed by atoms with Crippen LogP contribution in [0.4, 0.5) is 5.69 Å². The number of anilines is 1. The Morgan fingerprint density at radius 3 is 2.42 bits per heavy atom. The van der Waals surface area contributed by atoms with Gasteiger partial charge < -0.3 is 15.5 Å². The molecule has 0 aliphatic carbocycles. The Morgan fingerprint density at radius 2 is 1.75 bits per heavy atom. The maximum absolute atomic E-state index is 12.3. The molecule has 7 heteroatoms. The molecular formula is C17H11ClN2O4. The molecule has 0 spiro atoms. The van der Waals surface area contributed by atoms with Crippen molar-refractivity contribution in [1.82, 2.24) is 0 Å². The fourth-order valence-corrected chi connectivity index (χ4v) is 2.35. The van der Waals surface area contributed by atoms with Gasteiger partial charge in [-0.25, -0.2) is 4.79 Å². The second kappa shape index (κ2) is 6.17. The smallest absolute Gasteiger partial charge is 0.349 e. The van der Waals surface area contributed by atoms with Gasteiger partial charge in [-0.05, 0) is 48.5 Å². The number of fused-ring (bicyclic) bond motifs is 1. The summed E-state index contributed by atoms with van der Waals surface area (Å²) in [5.41, 5.74) is 5.31. The number of halogens is 1. The fourth-order valence-electron chi connectivity index (χ4n) is 2.17. The Bertz CT molecular complexity index is 1010. The van der Waals surface area contributed by atoms with E-state index in [1.165, 1.54) is 30.3 Å². The van der Waals surface area contributed by atoms with Crippen LogP contribution in [-0.2, 0) is 0 Å². The lowest BCUT2D eigenvalue weighted by Crippen LogP contribution is -2.20. The van der Waals surface area contributed by atoms with E-state index in [1.54, 1.807) is 18.2 Å². The standard InChI is InChI=1S/C17H11ClN2O4/c18-11-3-6-14-10(7-11)8-13(17(23)24-14)16(22)20-12-4-1-9(2-5-12)15(19)21/h1-8H,(H2,19,21)(H,20,22). The first-order valence-corrected chi connectivity index (χ1v) is 7.26. The number of rotatable bonds is 3. The van der Waals surface area contributed by atoms with E-state index in [0.29, 0.717) is 27.2 Å². The van der Waals surface area contributed by atoms with Crippen LogP contribution in [0.15, 0.2) is 57.7 Å². The van der Waals surface area contributed by atoms with E-state index in [0.717, 1.165) is 0 Å². The third kappa shape index (κ3) is 3.13. The first-order valence-electron chi connectivity index (χ1n) is 6.89. The zero-order chi connectivity index (χ0) is 17.3. The number of hydrogen-bond acceptors (Lipinski definition) is 4. The molecule has 0 unspecified atom stereocenters. The summed E-state index contributed by atoms with van der Waals surface area (Å²) < 4.78 is 5.12. The molecule has 3 rings (SSSR count). The molecule has 0 aliphatic heterocycles. The predicted molar refractivity (Wildman–Crippen MR) is 90.4 cm³/mol. The van der Waals surface area contributed by atoms with Gasteiger partial charge in [0.2, 0.25) is 5.91 Å². The molecule has 120 valence electrons. The van der Waals surface area contributed by atoms with Gasteiger partial charge in [0.05, 0.1) is 0 Å². The van der Waals surface area contributed by atoms with Gasteiger partial charge in [-0.1, -0.05) is 11.6 Å². The maximum atomic E-state index is 12.3. The van der Waals surface area contributed by atoms with Crippen molar-refractivity contribution in [2.75, 3.05) is 5.32 Å². The van der Waals surface area contributed by atoms with Gasteiger partial charge in [-0.3, -0.25) is 9.59 Å². The second-order valence-corrected chi connectivity index (χ2v) is 5.46. The SMILES string of the molecule is NC(=O)c1ccc(NC(=O)c2cc3cc(Cl)ccc3oc2=O)cc1. The Labute approximate surface area is 140 Å². The van der Waals surface area contributed by atoms with Crippen molar-refractivity contribution in [3.05, 3.63) is 75.1 Å². The number of hydrogen-bond donors (Lipinski definition) is 2. The normalized spacial score (nSPS) is 10.5. The zero-order valence-electron chi connectivity index (χ0n) is 12.2. The molecule has 0 saturated carbocycles. The summed E-state index contributed by atoms with van der Waals surface area (Å²) in [5, 5.41) is 3.56. The number of benzene rings is 2. The summed E-state index contributed by atoms with van der Waals surface area (Å²) in [6.07, 6.45) is 0. The minimum atomic E-state index is -0.754. The first kappa shape index (κ1) is 15.8. The van der Waals surface area contributed by atoms with Crippen LogP contribution in [0.25, 0.3) is 11.0 Å². The van der Waals surface area contributed by atoms with Crippen LogP contribution in [0, 0.1) is 0 Å². The molecular weight excluding hydrogens is 332 g/mol. The van der Waals surface area contributed by atoms with E-state index in [-0.39, 0.29) is 5.56 Å². The van der Waals surface area contributed by atoms with Crippen LogP contribution < -0.4 is 16.7 Å². The number of primary amides is 1. The third-order valence-corrected chi connectivity index (χ3v) is 3.60. The number of amides is 2. The van der Waals surface area contributed by atoms with Crippen molar-refractivity contribution in [3.63, 3.8) is 0 Å². The molecule has 0 bridgehead atoms. The topological polar surface area (TPSA) is 102 Å². The molecule has 2 amide bonds. The zero-order valence-corrected chi connectivity index (χ0v) is 13.0. The fraction of sp³-hybridized carbons (Fsp3) is 0. The summed E-state index contributed by atoms with van der Waals surface area (Å²) in [5.74, 6) is -1.20. The molecule has 0 atom stereocenters. The lowest BCUT2D eigenvalue weighted by atomic mass is 10.1. The molecule has 1 heterocycles. The van der Waals surface area contributed by atoms with Gasteiger partial charge in [0.25, 0.3) is 5.91 Å². The average molecular weight is 343 g/mol. The van der Waals surface area contributed by atoms with Gasteiger partial charge in [0.15, 0.2) is 0 Å². The Morgan fingerprint density at radius 1 is 1.04 bits per heavy atom. The monoisotopic (exact) mass is 342 g/mol. The third-order valence-electron chi connectivity index (χ3n) is 3.37. The Hall–Kier alpha value is -3.12. The van der Waals surface area contributed by atoms with Crippen LogP contribution in [0.2, 0.25) is 5.02 Å². The van der Waals surface area contributed by atoms with Gasteiger partial charge in [0.1, 0.15) is 11.1 Å². The van der Waals surface area contributed by atoms with E-state index in [4.69, 9.17) is 21.8 Å². The summed E-state index contributed by atoms with van der Waals surface area (Å²) in [7, 11) is 0. The molecule has 0 radical (unpaired) electrons. The molecule has 0 fully saturated rings. The van der Waals surface area contributed by atoms with Gasteiger partial charge in [-0.15, -0.1) is 0 Å². The van der Waals surface area contributed by atoms with Gasteiger partial charge >= 0.3 is 5.63 Å². The minimum absolute atomic E-state index is 0.149. The summed E-state index contributed by atoms with van der Waals surface area (Å²) in [4.78, 5) is 35.3. The average Bonchev–Trinajstić information content (AvgIpc) is 2.55. The van der Waals surface area contributed by atoms with Crippen molar-refractivity contribution in [1.29, 1.82) is 0 Å². The van der Waals surface area contributed by atoms with Crippen LogP contribution in [0.1, 0.15) is 20.7 Å². The van der Waals surface area contributed by atoms with Crippen molar-refractivity contribution < 1.29 is 14.0 Å². The molecule has 24 heavy (non-hydrogen) atoms. The number of nitrogens with two attached hydrogens (primary N) is 1. The van der Waals surface area contributed by atoms with E-state index < -0.39 is 17.4 Å². The lowest BCUT2D eigenvalue weighted by molar-refractivity contribution is 0.0998. The summed E-state index contributed by atoms with van der Waals surface area (Å²) >= 11 is 5.90. The van der Waals surface area contributed by atoms with E-state index in [1.807, 2.05) is 0 Å². The maximum Gasteiger partial charge on any atom is 0.349 e. The highest BCUT2D eigenvalue weighted by Gasteiger charge is 2.14. The largest absolute Gasteiger partial charge is 0.422 e. The van der Waals surface area contributed by atoms with Gasteiger partial charge in [0, 0.05) is 21.7 Å². The molecule has 3 N–H and O–H groups in total. The van der Waals surface area contributed by atoms with Crippen LogP contribution >= 0.6 is 11.6 Å². The highest BCUT2D eigenvalue weighted by atomic mass is 35.5. The summed E-state index contributed by atoms with van der Waals surface area (Å²) in [6.45, 7) is 0. The minimum Gasteiger partial charge on any atom is -0.422 e. The van der Waals surface area contributed by atoms with Crippen LogP contribution in [0.5, 0.6) is 0 Å². The highest BCUT2D eigenvalue weighted by molar-refractivity contribution is 6.31. The molecule has 6 nitrogen and oxygen atoms in total. The van der Waals surface area contributed by atoms with Crippen molar-refractivity contribution >= 4 is 40.1 Å². The highest BCUT2D eigenvalue weighted by Crippen LogP contribution is 2.19. The van der Waals surface area contributed by atoms with Crippen molar-refractivity contribution in [3.8, 4) is 0 Å². The predicted octanol–water partition coefficient (Wildman–Crippen LogP) is 2.80. The molecule has 0 saturated heterocycles. The molecule has 0 aliphatic rings.